The van der Waals surface area contributed by atoms with Crippen molar-refractivity contribution in [2.75, 3.05) is 26.8 Å². The predicted molar refractivity (Wildman–Crippen MR) is 134 cm³/mol. The third kappa shape index (κ3) is 4.95. The van der Waals surface area contributed by atoms with Gasteiger partial charge >= 0.3 is 0 Å². The fourth-order valence-electron chi connectivity index (χ4n) is 4.97. The maximum Gasteiger partial charge on any atom is 0.256 e. The first-order valence-corrected chi connectivity index (χ1v) is 12.3. The van der Waals surface area contributed by atoms with Crippen molar-refractivity contribution in [3.05, 3.63) is 89.9 Å². The molecule has 1 atom stereocenters. The van der Waals surface area contributed by atoms with E-state index in [1.807, 2.05) is 6.07 Å². The maximum absolute atomic E-state index is 13.7. The van der Waals surface area contributed by atoms with Crippen molar-refractivity contribution in [2.24, 2.45) is 0 Å². The Morgan fingerprint density at radius 1 is 0.946 bits per heavy atom. The van der Waals surface area contributed by atoms with Gasteiger partial charge < -0.3 is 24.1 Å². The number of rotatable bonds is 6. The summed E-state index contributed by atoms with van der Waals surface area (Å²) < 4.78 is 16.7. The fraction of sp³-hybridized carbons (Fsp3) is 0.321. The van der Waals surface area contributed by atoms with Crippen LogP contribution in [0.1, 0.15) is 39.3 Å². The molecule has 3 heterocycles. The molecule has 0 bridgehead atoms. The highest BCUT2D eigenvalue weighted by Crippen LogP contribution is 2.39. The minimum atomic E-state index is -0.976. The zero-order valence-electron chi connectivity index (χ0n) is 20.6. The molecule has 2 saturated heterocycles. The maximum atomic E-state index is 13.7. The molecule has 2 aliphatic rings. The molecule has 192 valence electrons. The Morgan fingerprint density at radius 3 is 2.30 bits per heavy atom. The van der Waals surface area contributed by atoms with E-state index in [-0.39, 0.29) is 30.9 Å². The largest absolute Gasteiger partial charge is 0.497 e. The number of amides is 3. The van der Waals surface area contributed by atoms with Crippen molar-refractivity contribution in [3.8, 4) is 5.75 Å². The zero-order chi connectivity index (χ0) is 25.8. The molecule has 0 unspecified atom stereocenters. The lowest BCUT2D eigenvalue weighted by molar-refractivity contribution is -0.128. The summed E-state index contributed by atoms with van der Waals surface area (Å²) in [5.74, 6) is 0.623. The van der Waals surface area contributed by atoms with Crippen LogP contribution in [0.15, 0.2) is 77.4 Å². The third-order valence-corrected chi connectivity index (χ3v) is 6.99. The highest BCUT2D eigenvalue weighted by Gasteiger charge is 2.54. The number of hydrogen-bond acceptors (Lipinski definition) is 6. The van der Waals surface area contributed by atoms with Crippen molar-refractivity contribution < 1.29 is 28.3 Å². The van der Waals surface area contributed by atoms with E-state index in [2.05, 4.69) is 5.32 Å². The van der Waals surface area contributed by atoms with E-state index in [4.69, 9.17) is 13.9 Å². The SMILES string of the molecule is COc1ccc(C(=O)N2CCC3(CC2)OC[C@H](C(=O)NCc2ccco2)N3C(=O)c2ccccc2)cc1. The Labute approximate surface area is 214 Å². The molecule has 9 nitrogen and oxygen atoms in total. The van der Waals surface area contributed by atoms with Gasteiger partial charge in [0.15, 0.2) is 0 Å². The Hall–Kier alpha value is -4.11. The molecule has 1 aromatic heterocycles. The Bertz CT molecular complexity index is 1230. The fourth-order valence-corrected chi connectivity index (χ4v) is 4.97. The van der Waals surface area contributed by atoms with Crippen LogP contribution in [0.25, 0.3) is 0 Å². The third-order valence-electron chi connectivity index (χ3n) is 6.99. The van der Waals surface area contributed by atoms with Crippen LogP contribution in [-0.4, -0.2) is 66.1 Å². The number of ether oxygens (including phenoxy) is 2. The molecule has 2 aromatic carbocycles. The summed E-state index contributed by atoms with van der Waals surface area (Å²) in [5, 5.41) is 2.86. The van der Waals surface area contributed by atoms with Crippen molar-refractivity contribution in [2.45, 2.75) is 31.2 Å². The molecule has 3 amide bonds. The van der Waals surface area contributed by atoms with Gasteiger partial charge in [0.2, 0.25) is 5.91 Å². The smallest absolute Gasteiger partial charge is 0.256 e. The van der Waals surface area contributed by atoms with E-state index < -0.39 is 11.8 Å². The summed E-state index contributed by atoms with van der Waals surface area (Å²) in [6, 6.07) is 18.6. The Kier molecular flexibility index (Phi) is 6.96. The molecule has 1 spiro atoms. The minimum Gasteiger partial charge on any atom is -0.497 e. The summed E-state index contributed by atoms with van der Waals surface area (Å²) in [6.07, 6.45) is 2.34. The number of carbonyl (C=O) groups excluding carboxylic acids is 3. The van der Waals surface area contributed by atoms with E-state index in [0.29, 0.717) is 48.6 Å². The van der Waals surface area contributed by atoms with E-state index >= 15 is 0 Å². The van der Waals surface area contributed by atoms with Gasteiger partial charge in [-0.2, -0.15) is 0 Å². The molecule has 2 fully saturated rings. The first-order chi connectivity index (χ1) is 18.0. The lowest BCUT2D eigenvalue weighted by atomic mass is 9.96. The van der Waals surface area contributed by atoms with Gasteiger partial charge in [0.25, 0.3) is 11.8 Å². The monoisotopic (exact) mass is 503 g/mol. The van der Waals surface area contributed by atoms with Crippen LogP contribution < -0.4 is 10.1 Å². The molecule has 9 heteroatoms. The summed E-state index contributed by atoms with van der Waals surface area (Å²) in [4.78, 5) is 43.4. The first kappa shape index (κ1) is 24.6. The second-order valence-corrected chi connectivity index (χ2v) is 9.13. The highest BCUT2D eigenvalue weighted by atomic mass is 16.5. The molecule has 0 aliphatic carbocycles. The van der Waals surface area contributed by atoms with Gasteiger partial charge in [0, 0.05) is 37.1 Å². The van der Waals surface area contributed by atoms with E-state index in [1.54, 1.807) is 83.8 Å². The number of nitrogens with one attached hydrogen (secondary N) is 1. The van der Waals surface area contributed by atoms with Crippen LogP contribution in [0.3, 0.4) is 0 Å². The molecule has 3 aromatic rings. The number of benzene rings is 2. The number of hydrogen-bond donors (Lipinski definition) is 1. The molecular formula is C28H29N3O6. The summed E-state index contributed by atoms with van der Waals surface area (Å²) in [6.45, 7) is 1.08. The number of carbonyl (C=O) groups is 3. The summed E-state index contributed by atoms with van der Waals surface area (Å²) >= 11 is 0. The minimum absolute atomic E-state index is 0.0784. The Balaban J connectivity index is 1.34. The number of piperidine rings is 1. The summed E-state index contributed by atoms with van der Waals surface area (Å²) in [5.41, 5.74) is 0.0699. The lowest BCUT2D eigenvalue weighted by Gasteiger charge is -2.44. The van der Waals surface area contributed by atoms with E-state index in [1.165, 1.54) is 0 Å². The predicted octanol–water partition coefficient (Wildman–Crippen LogP) is 3.08. The van der Waals surface area contributed by atoms with Gasteiger partial charge in [-0.25, -0.2) is 0 Å². The molecule has 1 N–H and O–H groups in total. The van der Waals surface area contributed by atoms with Crippen LogP contribution in [0.4, 0.5) is 0 Å². The standard InChI is InChI=1S/C28H29N3O6/c1-35-22-11-9-21(10-12-22)26(33)30-15-13-28(14-16-30)31(27(34)20-6-3-2-4-7-20)24(19-37-28)25(32)29-18-23-8-5-17-36-23/h2-12,17,24H,13-16,18-19H2,1H3,(H,29,32)/t24-/m1/s1. The van der Waals surface area contributed by atoms with Crippen molar-refractivity contribution in [1.29, 1.82) is 0 Å². The molecule has 0 saturated carbocycles. The van der Waals surface area contributed by atoms with Gasteiger partial charge in [-0.3, -0.25) is 19.3 Å². The number of likely N-dealkylation sites (tertiary alicyclic amines) is 1. The van der Waals surface area contributed by atoms with Crippen LogP contribution in [0.2, 0.25) is 0 Å². The van der Waals surface area contributed by atoms with E-state index in [0.717, 1.165) is 0 Å². The number of methoxy groups -OCH3 is 1. The van der Waals surface area contributed by atoms with Gasteiger partial charge in [0.05, 0.1) is 26.5 Å². The molecule has 0 radical (unpaired) electrons. The van der Waals surface area contributed by atoms with Gasteiger partial charge in [-0.15, -0.1) is 0 Å². The van der Waals surface area contributed by atoms with Crippen molar-refractivity contribution >= 4 is 17.7 Å². The van der Waals surface area contributed by atoms with Crippen molar-refractivity contribution in [3.63, 3.8) is 0 Å². The van der Waals surface area contributed by atoms with Crippen LogP contribution in [0, 0.1) is 0 Å². The van der Waals surface area contributed by atoms with Gasteiger partial charge in [-0.1, -0.05) is 18.2 Å². The average Bonchev–Trinajstić information content (AvgIpc) is 3.60. The average molecular weight is 504 g/mol. The van der Waals surface area contributed by atoms with Gasteiger partial charge in [0.1, 0.15) is 23.3 Å². The number of furan rings is 1. The van der Waals surface area contributed by atoms with Crippen LogP contribution in [-0.2, 0) is 16.1 Å². The Morgan fingerprint density at radius 2 is 1.65 bits per heavy atom. The topological polar surface area (TPSA) is 101 Å². The van der Waals surface area contributed by atoms with Crippen LogP contribution >= 0.6 is 0 Å². The molecular weight excluding hydrogens is 474 g/mol. The summed E-state index contributed by atoms with van der Waals surface area (Å²) in [7, 11) is 1.58. The second-order valence-electron chi connectivity index (χ2n) is 9.13. The molecule has 2 aliphatic heterocycles. The van der Waals surface area contributed by atoms with Crippen molar-refractivity contribution in [1.82, 2.24) is 15.1 Å². The molecule has 37 heavy (non-hydrogen) atoms. The quantitative estimate of drug-likeness (QED) is 0.555. The molecule has 5 rings (SSSR count). The normalized spacial score (nSPS) is 18.6. The van der Waals surface area contributed by atoms with Crippen LogP contribution in [0.5, 0.6) is 5.75 Å². The number of nitrogens with zero attached hydrogens (tertiary/aromatic N) is 2. The van der Waals surface area contributed by atoms with Gasteiger partial charge in [-0.05, 0) is 48.5 Å². The zero-order valence-corrected chi connectivity index (χ0v) is 20.6. The highest BCUT2D eigenvalue weighted by molar-refractivity contribution is 5.98. The lowest BCUT2D eigenvalue weighted by Crippen LogP contribution is -2.59. The van der Waals surface area contributed by atoms with E-state index in [9.17, 15) is 14.4 Å². The first-order valence-electron chi connectivity index (χ1n) is 12.3. The second kappa shape index (κ2) is 10.5.